The van der Waals surface area contributed by atoms with Crippen LogP contribution in [0.3, 0.4) is 0 Å². The highest BCUT2D eigenvalue weighted by Crippen LogP contribution is 2.21. The molecule has 1 fully saturated rings. The molecule has 0 radical (unpaired) electrons. The lowest BCUT2D eigenvalue weighted by Crippen LogP contribution is -2.43. The lowest BCUT2D eigenvalue weighted by molar-refractivity contribution is -0.137. The predicted octanol–water partition coefficient (Wildman–Crippen LogP) is 2.31. The van der Waals surface area contributed by atoms with Crippen LogP contribution in [-0.4, -0.2) is 44.0 Å². The lowest BCUT2D eigenvalue weighted by Gasteiger charge is -2.32. The molecule has 6 nitrogen and oxygen atoms in total. The molecule has 1 aromatic carbocycles. The number of hydrogen-bond donors (Lipinski definition) is 1. The van der Waals surface area contributed by atoms with Gasteiger partial charge in [0.25, 0.3) is 0 Å². The zero-order valence-electron chi connectivity index (χ0n) is 15.0. The average Bonchev–Trinajstić information content (AvgIpc) is 2.61. The first-order valence-corrected chi connectivity index (χ1v) is 10.3. The standard InChI is InChI=1S/C18H26N2O4S/c1-4-25(23,24)16-7-5-15(6-8-16)19-17(21)14-9-11-20(12-10-14)18(22)13(2)3/h5-8,13-14H,4,9-12H2,1-3H3,(H,19,21). The molecule has 138 valence electrons. The fraction of sp³-hybridized carbons (Fsp3) is 0.556. The van der Waals surface area contributed by atoms with Gasteiger partial charge >= 0.3 is 0 Å². The number of anilines is 1. The highest BCUT2D eigenvalue weighted by atomic mass is 32.2. The van der Waals surface area contributed by atoms with Crippen molar-refractivity contribution in [2.45, 2.75) is 38.5 Å². The number of benzene rings is 1. The van der Waals surface area contributed by atoms with Crippen LogP contribution in [0.15, 0.2) is 29.2 Å². The SMILES string of the molecule is CCS(=O)(=O)c1ccc(NC(=O)C2CCN(C(=O)C(C)C)CC2)cc1. The largest absolute Gasteiger partial charge is 0.342 e. The summed E-state index contributed by atoms with van der Waals surface area (Å²) in [4.78, 5) is 26.4. The molecule has 1 N–H and O–H groups in total. The Bertz CT molecular complexity index is 718. The maximum atomic E-state index is 12.4. The number of hydrogen-bond acceptors (Lipinski definition) is 4. The van der Waals surface area contributed by atoms with Gasteiger partial charge in [-0.2, -0.15) is 0 Å². The highest BCUT2D eigenvalue weighted by molar-refractivity contribution is 7.91. The number of piperidine rings is 1. The molecule has 1 heterocycles. The monoisotopic (exact) mass is 366 g/mol. The minimum atomic E-state index is -3.24. The van der Waals surface area contributed by atoms with E-state index < -0.39 is 9.84 Å². The smallest absolute Gasteiger partial charge is 0.227 e. The van der Waals surface area contributed by atoms with Crippen LogP contribution in [0.25, 0.3) is 0 Å². The quantitative estimate of drug-likeness (QED) is 0.867. The summed E-state index contributed by atoms with van der Waals surface area (Å²) < 4.78 is 23.6. The summed E-state index contributed by atoms with van der Waals surface area (Å²) in [6.45, 7) is 6.56. The first-order valence-electron chi connectivity index (χ1n) is 8.67. The molecule has 2 amide bonds. The summed E-state index contributed by atoms with van der Waals surface area (Å²) in [6, 6.07) is 6.24. The highest BCUT2D eigenvalue weighted by Gasteiger charge is 2.28. The Morgan fingerprint density at radius 2 is 1.72 bits per heavy atom. The van der Waals surface area contributed by atoms with Crippen molar-refractivity contribution in [3.63, 3.8) is 0 Å². The first kappa shape index (κ1) is 19.4. The fourth-order valence-electron chi connectivity index (χ4n) is 2.88. The van der Waals surface area contributed by atoms with E-state index >= 15 is 0 Å². The summed E-state index contributed by atoms with van der Waals surface area (Å²) >= 11 is 0. The lowest BCUT2D eigenvalue weighted by atomic mass is 9.95. The molecule has 0 aliphatic carbocycles. The number of nitrogens with one attached hydrogen (secondary N) is 1. The Labute approximate surface area is 149 Å². The second-order valence-electron chi connectivity index (χ2n) is 6.67. The second kappa shape index (κ2) is 7.99. The van der Waals surface area contributed by atoms with Gasteiger partial charge in [-0.15, -0.1) is 0 Å². The predicted molar refractivity (Wildman–Crippen MR) is 96.9 cm³/mol. The van der Waals surface area contributed by atoms with Gasteiger partial charge < -0.3 is 10.2 Å². The van der Waals surface area contributed by atoms with Gasteiger partial charge in [0.2, 0.25) is 11.8 Å². The van der Waals surface area contributed by atoms with Crippen molar-refractivity contribution < 1.29 is 18.0 Å². The van der Waals surface area contributed by atoms with Gasteiger partial charge in [0.15, 0.2) is 9.84 Å². The maximum absolute atomic E-state index is 12.4. The van der Waals surface area contributed by atoms with Crippen LogP contribution in [0, 0.1) is 11.8 Å². The van der Waals surface area contributed by atoms with Crippen LogP contribution >= 0.6 is 0 Å². The Morgan fingerprint density at radius 3 is 2.20 bits per heavy atom. The second-order valence-corrected chi connectivity index (χ2v) is 8.95. The normalized spacial score (nSPS) is 16.1. The van der Waals surface area contributed by atoms with E-state index in [4.69, 9.17) is 0 Å². The van der Waals surface area contributed by atoms with Crippen LogP contribution < -0.4 is 5.32 Å². The number of likely N-dealkylation sites (tertiary alicyclic amines) is 1. The number of rotatable bonds is 5. The van der Waals surface area contributed by atoms with Crippen LogP contribution in [0.4, 0.5) is 5.69 Å². The molecule has 0 aromatic heterocycles. The molecule has 7 heteroatoms. The summed E-state index contributed by atoms with van der Waals surface area (Å²) in [5.74, 6) is -0.0558. The molecule has 0 unspecified atom stereocenters. The van der Waals surface area contributed by atoms with E-state index in [0.29, 0.717) is 31.6 Å². The van der Waals surface area contributed by atoms with Crippen LogP contribution in [-0.2, 0) is 19.4 Å². The molecule has 0 atom stereocenters. The third-order valence-electron chi connectivity index (χ3n) is 4.53. The van der Waals surface area contributed by atoms with Crippen molar-refractivity contribution in [3.05, 3.63) is 24.3 Å². The van der Waals surface area contributed by atoms with Gasteiger partial charge in [-0.3, -0.25) is 9.59 Å². The zero-order chi connectivity index (χ0) is 18.6. The van der Waals surface area contributed by atoms with Crippen molar-refractivity contribution >= 4 is 27.3 Å². The molecule has 1 saturated heterocycles. The number of nitrogens with zero attached hydrogens (tertiary/aromatic N) is 1. The van der Waals surface area contributed by atoms with Crippen LogP contribution in [0.2, 0.25) is 0 Å². The number of carbonyl (C=O) groups excluding carboxylic acids is 2. The van der Waals surface area contributed by atoms with E-state index in [9.17, 15) is 18.0 Å². The van der Waals surface area contributed by atoms with E-state index in [1.165, 1.54) is 12.1 Å². The van der Waals surface area contributed by atoms with Gasteiger partial charge in [-0.1, -0.05) is 20.8 Å². The van der Waals surface area contributed by atoms with Gasteiger partial charge in [-0.05, 0) is 37.1 Å². The Balaban J connectivity index is 1.92. The molecule has 0 bridgehead atoms. The first-order chi connectivity index (χ1) is 11.7. The van der Waals surface area contributed by atoms with Crippen LogP contribution in [0.5, 0.6) is 0 Å². The third kappa shape index (κ3) is 4.81. The molecule has 1 aliphatic heterocycles. The van der Waals surface area contributed by atoms with E-state index in [2.05, 4.69) is 5.32 Å². The van der Waals surface area contributed by atoms with Gasteiger partial charge in [-0.25, -0.2) is 8.42 Å². The van der Waals surface area contributed by atoms with Crippen molar-refractivity contribution in [2.75, 3.05) is 24.2 Å². The Morgan fingerprint density at radius 1 is 1.16 bits per heavy atom. The fourth-order valence-corrected chi connectivity index (χ4v) is 3.77. The van der Waals surface area contributed by atoms with Gasteiger partial charge in [0, 0.05) is 30.6 Å². The summed E-state index contributed by atoms with van der Waals surface area (Å²) in [5, 5.41) is 2.84. The zero-order valence-corrected chi connectivity index (χ0v) is 15.8. The van der Waals surface area contributed by atoms with E-state index in [0.717, 1.165) is 0 Å². The number of carbonyl (C=O) groups is 2. The molecular weight excluding hydrogens is 340 g/mol. The van der Waals surface area contributed by atoms with E-state index in [-0.39, 0.29) is 34.3 Å². The minimum absolute atomic E-state index is 0.0247. The van der Waals surface area contributed by atoms with Crippen molar-refractivity contribution in [1.82, 2.24) is 4.90 Å². The van der Waals surface area contributed by atoms with Crippen molar-refractivity contribution in [2.24, 2.45) is 11.8 Å². The van der Waals surface area contributed by atoms with Gasteiger partial charge in [0.1, 0.15) is 0 Å². The molecule has 0 spiro atoms. The van der Waals surface area contributed by atoms with E-state index in [1.807, 2.05) is 18.7 Å². The molecule has 2 rings (SSSR count). The molecular formula is C18H26N2O4S. The van der Waals surface area contributed by atoms with Crippen molar-refractivity contribution in [3.8, 4) is 0 Å². The van der Waals surface area contributed by atoms with E-state index in [1.54, 1.807) is 19.1 Å². The third-order valence-corrected chi connectivity index (χ3v) is 6.28. The Hall–Kier alpha value is -1.89. The number of sulfone groups is 1. The minimum Gasteiger partial charge on any atom is -0.342 e. The molecule has 0 saturated carbocycles. The molecule has 1 aromatic rings. The number of amides is 2. The Kier molecular flexibility index (Phi) is 6.21. The maximum Gasteiger partial charge on any atom is 0.227 e. The molecule has 1 aliphatic rings. The van der Waals surface area contributed by atoms with Gasteiger partial charge in [0.05, 0.1) is 10.6 Å². The summed E-state index contributed by atoms with van der Waals surface area (Å²) in [5.41, 5.74) is 0.584. The summed E-state index contributed by atoms with van der Waals surface area (Å²) in [7, 11) is -3.24. The van der Waals surface area contributed by atoms with Crippen LogP contribution in [0.1, 0.15) is 33.6 Å². The average molecular weight is 366 g/mol. The summed E-state index contributed by atoms with van der Waals surface area (Å²) in [6.07, 6.45) is 1.29. The van der Waals surface area contributed by atoms with Crippen molar-refractivity contribution in [1.29, 1.82) is 0 Å². The topological polar surface area (TPSA) is 83.6 Å². The molecule has 25 heavy (non-hydrogen) atoms.